The Balaban J connectivity index is 1.75. The first-order valence-corrected chi connectivity index (χ1v) is 9.93. The van der Waals surface area contributed by atoms with Crippen LogP contribution in [0.3, 0.4) is 0 Å². The number of fused-ring (bicyclic) bond motifs is 1. The van der Waals surface area contributed by atoms with Crippen molar-refractivity contribution in [1.82, 2.24) is 0 Å². The Morgan fingerprint density at radius 3 is 2.47 bits per heavy atom. The topological polar surface area (TPSA) is 67.5 Å². The molecule has 0 aliphatic carbocycles. The van der Waals surface area contributed by atoms with Gasteiger partial charge in [-0.15, -0.1) is 0 Å². The molecule has 0 atom stereocenters. The van der Waals surface area contributed by atoms with E-state index in [0.29, 0.717) is 21.7 Å². The zero-order chi connectivity index (χ0) is 21.4. The molecule has 4 rings (SSSR count). The van der Waals surface area contributed by atoms with Crippen LogP contribution in [0.4, 0.5) is 0 Å². The van der Waals surface area contributed by atoms with Crippen molar-refractivity contribution in [2.75, 3.05) is 0 Å². The predicted molar refractivity (Wildman–Crippen MR) is 118 cm³/mol. The molecular weight excluding hydrogens is 423 g/mol. The molecule has 1 N–H and O–H groups in total. The van der Waals surface area contributed by atoms with Crippen molar-refractivity contribution >= 4 is 45.9 Å². The van der Waals surface area contributed by atoms with Crippen LogP contribution in [-0.2, 0) is 11.2 Å². The zero-order valence-corrected chi connectivity index (χ0v) is 17.4. The van der Waals surface area contributed by atoms with Gasteiger partial charge in [-0.2, -0.15) is 0 Å². The molecule has 0 saturated carbocycles. The van der Waals surface area contributed by atoms with E-state index in [-0.39, 0.29) is 23.0 Å². The van der Waals surface area contributed by atoms with E-state index < -0.39 is 5.97 Å². The van der Waals surface area contributed by atoms with E-state index in [0.717, 1.165) is 22.1 Å². The van der Waals surface area contributed by atoms with Crippen LogP contribution >= 0.6 is 23.2 Å². The Labute approximate surface area is 182 Å². The Morgan fingerprint density at radius 2 is 1.73 bits per heavy atom. The number of furan rings is 1. The van der Waals surface area contributed by atoms with E-state index in [1.807, 2.05) is 43.3 Å². The largest absolute Gasteiger partial charge is 0.481 e. The van der Waals surface area contributed by atoms with Gasteiger partial charge in [-0.05, 0) is 47.9 Å². The predicted octanol–water partition coefficient (Wildman–Crippen LogP) is 6.57. The van der Waals surface area contributed by atoms with E-state index >= 15 is 0 Å². The van der Waals surface area contributed by atoms with Crippen LogP contribution in [0.15, 0.2) is 65.1 Å². The van der Waals surface area contributed by atoms with Crippen molar-refractivity contribution < 1.29 is 19.1 Å². The fourth-order valence-corrected chi connectivity index (χ4v) is 3.95. The average molecular weight is 439 g/mol. The minimum absolute atomic E-state index is 0.0452. The standard InChI is InChI=1S/C24H16Cl2O4/c1-13-18-7-5-16(15-4-2-3-14(9-15)10-22(27)28)11-21(18)30-24(13)23(29)19-8-6-17(25)12-20(19)26/h2-9,11-12H,10H2,1H3,(H,27,28). The second kappa shape index (κ2) is 7.98. The van der Waals surface area contributed by atoms with Crippen LogP contribution < -0.4 is 0 Å². The normalized spacial score (nSPS) is 11.0. The molecular formula is C24H16Cl2O4. The van der Waals surface area contributed by atoms with Gasteiger partial charge >= 0.3 is 5.97 Å². The maximum atomic E-state index is 13.0. The molecule has 4 aromatic rings. The first-order valence-electron chi connectivity index (χ1n) is 9.17. The van der Waals surface area contributed by atoms with Crippen molar-refractivity contribution in [1.29, 1.82) is 0 Å². The second-order valence-electron chi connectivity index (χ2n) is 6.99. The van der Waals surface area contributed by atoms with E-state index in [2.05, 4.69) is 0 Å². The van der Waals surface area contributed by atoms with Crippen LogP contribution in [0.5, 0.6) is 0 Å². The van der Waals surface area contributed by atoms with Gasteiger partial charge in [-0.25, -0.2) is 0 Å². The van der Waals surface area contributed by atoms with Gasteiger partial charge in [-0.3, -0.25) is 9.59 Å². The molecule has 0 radical (unpaired) electrons. The molecule has 0 bridgehead atoms. The van der Waals surface area contributed by atoms with Crippen LogP contribution in [0, 0.1) is 6.92 Å². The van der Waals surface area contributed by atoms with Gasteiger partial charge in [0.2, 0.25) is 5.78 Å². The highest BCUT2D eigenvalue weighted by molar-refractivity contribution is 6.37. The van der Waals surface area contributed by atoms with E-state index in [1.54, 1.807) is 18.2 Å². The van der Waals surface area contributed by atoms with Crippen LogP contribution in [0.1, 0.15) is 27.2 Å². The summed E-state index contributed by atoms with van der Waals surface area (Å²) in [6.45, 7) is 1.83. The van der Waals surface area contributed by atoms with Gasteiger partial charge in [0.25, 0.3) is 0 Å². The fourth-order valence-electron chi connectivity index (χ4n) is 3.45. The maximum Gasteiger partial charge on any atom is 0.307 e. The number of hydrogen-bond donors (Lipinski definition) is 1. The molecule has 0 unspecified atom stereocenters. The first kappa shape index (κ1) is 20.2. The molecule has 0 fully saturated rings. The third kappa shape index (κ3) is 3.84. The lowest BCUT2D eigenvalue weighted by Crippen LogP contribution is -2.02. The number of benzene rings is 3. The summed E-state index contributed by atoms with van der Waals surface area (Å²) in [5, 5.41) is 10.6. The van der Waals surface area contributed by atoms with Crippen LogP contribution in [0.25, 0.3) is 22.1 Å². The van der Waals surface area contributed by atoms with E-state index in [1.165, 1.54) is 6.07 Å². The molecule has 1 aromatic heterocycles. The maximum absolute atomic E-state index is 13.0. The smallest absolute Gasteiger partial charge is 0.307 e. The summed E-state index contributed by atoms with van der Waals surface area (Å²) >= 11 is 12.1. The van der Waals surface area contributed by atoms with Gasteiger partial charge < -0.3 is 9.52 Å². The lowest BCUT2D eigenvalue weighted by atomic mass is 10.00. The van der Waals surface area contributed by atoms with Gasteiger partial charge in [0.1, 0.15) is 5.58 Å². The molecule has 0 saturated heterocycles. The molecule has 0 amide bonds. The number of rotatable bonds is 5. The van der Waals surface area contributed by atoms with Gasteiger partial charge in [0.05, 0.1) is 11.4 Å². The summed E-state index contributed by atoms with van der Waals surface area (Å²) in [7, 11) is 0. The Hall–Kier alpha value is -3.08. The summed E-state index contributed by atoms with van der Waals surface area (Å²) < 4.78 is 5.92. The number of halogens is 2. The highest BCUT2D eigenvalue weighted by Gasteiger charge is 2.21. The number of hydrogen-bond acceptors (Lipinski definition) is 3. The third-order valence-electron chi connectivity index (χ3n) is 4.94. The molecule has 30 heavy (non-hydrogen) atoms. The van der Waals surface area contributed by atoms with Crippen molar-refractivity contribution in [2.45, 2.75) is 13.3 Å². The number of aryl methyl sites for hydroxylation is 1. The molecule has 6 heteroatoms. The lowest BCUT2D eigenvalue weighted by molar-refractivity contribution is -0.136. The van der Waals surface area contributed by atoms with Gasteiger partial charge in [0, 0.05) is 21.5 Å². The van der Waals surface area contributed by atoms with E-state index in [4.69, 9.17) is 32.7 Å². The molecule has 0 spiro atoms. The number of carbonyl (C=O) groups is 2. The quantitative estimate of drug-likeness (QED) is 0.357. The third-order valence-corrected chi connectivity index (χ3v) is 5.48. The minimum atomic E-state index is -0.881. The first-order chi connectivity index (χ1) is 14.3. The summed E-state index contributed by atoms with van der Waals surface area (Å²) in [6, 6.07) is 17.7. The number of ketones is 1. The average Bonchev–Trinajstić information content (AvgIpc) is 3.03. The number of carboxylic acids is 1. The highest BCUT2D eigenvalue weighted by Crippen LogP contribution is 2.33. The van der Waals surface area contributed by atoms with Crippen molar-refractivity contribution in [3.8, 4) is 11.1 Å². The Kier molecular flexibility index (Phi) is 5.37. The number of carboxylic acid groups (broad SMARTS) is 1. The summed E-state index contributed by atoms with van der Waals surface area (Å²) in [4.78, 5) is 24.0. The minimum Gasteiger partial charge on any atom is -0.481 e. The van der Waals surface area contributed by atoms with Gasteiger partial charge in [0.15, 0.2) is 5.76 Å². The lowest BCUT2D eigenvalue weighted by Gasteiger charge is -2.04. The number of aliphatic carboxylic acids is 1. The highest BCUT2D eigenvalue weighted by atomic mass is 35.5. The summed E-state index contributed by atoms with van der Waals surface area (Å²) in [5.41, 5.74) is 4.08. The second-order valence-corrected chi connectivity index (χ2v) is 7.83. The summed E-state index contributed by atoms with van der Waals surface area (Å²) in [5.74, 6) is -0.963. The molecule has 4 nitrogen and oxygen atoms in total. The van der Waals surface area contributed by atoms with Crippen LogP contribution in [0.2, 0.25) is 10.0 Å². The van der Waals surface area contributed by atoms with E-state index in [9.17, 15) is 9.59 Å². The van der Waals surface area contributed by atoms with Crippen molar-refractivity contribution in [3.63, 3.8) is 0 Å². The molecule has 0 aliphatic rings. The Bertz CT molecular complexity index is 1300. The monoisotopic (exact) mass is 438 g/mol. The Morgan fingerprint density at radius 1 is 0.967 bits per heavy atom. The molecule has 1 heterocycles. The van der Waals surface area contributed by atoms with Crippen LogP contribution in [-0.4, -0.2) is 16.9 Å². The molecule has 3 aromatic carbocycles. The molecule has 0 aliphatic heterocycles. The fraction of sp³-hybridized carbons (Fsp3) is 0.0833. The van der Waals surface area contributed by atoms with Crippen molar-refractivity contribution in [2.24, 2.45) is 0 Å². The SMILES string of the molecule is Cc1c(C(=O)c2ccc(Cl)cc2Cl)oc2cc(-c3cccc(CC(=O)O)c3)ccc12. The number of carbonyl (C=O) groups excluding carboxylic acids is 1. The zero-order valence-electron chi connectivity index (χ0n) is 15.9. The van der Waals surface area contributed by atoms with Gasteiger partial charge in [-0.1, -0.05) is 59.6 Å². The molecule has 150 valence electrons. The van der Waals surface area contributed by atoms with Crippen molar-refractivity contribution in [3.05, 3.63) is 93.2 Å². The summed E-state index contributed by atoms with van der Waals surface area (Å²) in [6.07, 6.45) is -0.0452.